The van der Waals surface area contributed by atoms with Crippen LogP contribution in [0.3, 0.4) is 0 Å². The molecule has 1 amide bonds. The Bertz CT molecular complexity index is 1970. The van der Waals surface area contributed by atoms with Crippen molar-refractivity contribution in [2.45, 2.75) is 12.8 Å². The fraction of sp³-hybridized carbons (Fsp3) is 0.257. The molecule has 1 heterocycles. The summed E-state index contributed by atoms with van der Waals surface area (Å²) in [6.07, 6.45) is 2.68. The molecule has 0 unspecified atom stereocenters. The Labute approximate surface area is 285 Å². The average Bonchev–Trinajstić information content (AvgIpc) is 3.06. The van der Waals surface area contributed by atoms with Crippen molar-refractivity contribution in [3.8, 4) is 5.75 Å². The molecule has 0 aliphatic rings. The lowest BCUT2D eigenvalue weighted by molar-refractivity contribution is 0.0954. The lowest BCUT2D eigenvalue weighted by atomic mass is 10.0. The monoisotopic (exact) mass is 693 g/mol. The van der Waals surface area contributed by atoms with Gasteiger partial charge in [-0.15, -0.1) is 23.2 Å². The Balaban J connectivity index is 1.34. The summed E-state index contributed by atoms with van der Waals surface area (Å²) in [6.45, 7) is 1.98. The third kappa shape index (κ3) is 8.57. The number of anilines is 4. The minimum Gasteiger partial charge on any atom is -0.494 e. The Morgan fingerprint density at radius 2 is 1.64 bits per heavy atom. The SMILES string of the molecule is COc1cc(NS(C)(=O)=O)ccc1Nc1c2ccccc2nc2c(C(=O)NCCCc3ccc(N(CCCl)CCCl)cc3)cccc12. The minimum absolute atomic E-state index is 0.203. The molecule has 12 heteroatoms. The van der Waals surface area contributed by atoms with Gasteiger partial charge >= 0.3 is 0 Å². The first kappa shape index (κ1) is 34.1. The van der Waals surface area contributed by atoms with Crippen molar-refractivity contribution >= 4 is 83.7 Å². The number of hydrogen-bond acceptors (Lipinski definition) is 7. The highest BCUT2D eigenvalue weighted by Gasteiger charge is 2.18. The van der Waals surface area contributed by atoms with Gasteiger partial charge in [0.25, 0.3) is 5.91 Å². The zero-order valence-electron chi connectivity index (χ0n) is 26.2. The summed E-state index contributed by atoms with van der Waals surface area (Å²) >= 11 is 11.9. The van der Waals surface area contributed by atoms with Gasteiger partial charge in [-0.3, -0.25) is 9.52 Å². The Morgan fingerprint density at radius 3 is 2.34 bits per heavy atom. The quantitative estimate of drug-likeness (QED) is 0.0606. The van der Waals surface area contributed by atoms with Gasteiger partial charge in [0.15, 0.2) is 0 Å². The van der Waals surface area contributed by atoms with Gasteiger partial charge in [-0.25, -0.2) is 13.4 Å². The number of aromatic nitrogens is 1. The molecule has 0 radical (unpaired) electrons. The normalized spacial score (nSPS) is 11.4. The minimum atomic E-state index is -3.46. The van der Waals surface area contributed by atoms with Crippen LogP contribution in [0.1, 0.15) is 22.3 Å². The largest absolute Gasteiger partial charge is 0.494 e. The zero-order valence-corrected chi connectivity index (χ0v) is 28.6. The number of amides is 1. The van der Waals surface area contributed by atoms with E-state index in [1.807, 2.05) is 36.4 Å². The first-order valence-corrected chi connectivity index (χ1v) is 18.1. The van der Waals surface area contributed by atoms with E-state index in [4.69, 9.17) is 32.9 Å². The van der Waals surface area contributed by atoms with Gasteiger partial charge in [0.05, 0.1) is 47.0 Å². The first-order valence-electron chi connectivity index (χ1n) is 15.2. The van der Waals surface area contributed by atoms with Crippen molar-refractivity contribution in [3.63, 3.8) is 0 Å². The molecule has 0 saturated heterocycles. The molecule has 0 aliphatic heterocycles. The summed E-state index contributed by atoms with van der Waals surface area (Å²) < 4.78 is 31.6. The summed E-state index contributed by atoms with van der Waals surface area (Å²) in [4.78, 5) is 20.6. The summed E-state index contributed by atoms with van der Waals surface area (Å²) in [5.41, 5.74) is 5.78. The zero-order chi connectivity index (χ0) is 33.4. The van der Waals surface area contributed by atoms with Gasteiger partial charge in [0.2, 0.25) is 10.0 Å². The number of halogens is 2. The number of sulfonamides is 1. The lowest BCUT2D eigenvalue weighted by Crippen LogP contribution is -2.27. The molecule has 4 aromatic carbocycles. The number of carbonyl (C=O) groups is 1. The summed E-state index contributed by atoms with van der Waals surface area (Å²) in [5, 5.41) is 8.16. The Kier molecular flexibility index (Phi) is 11.3. The van der Waals surface area contributed by atoms with Crippen LogP contribution in [-0.2, 0) is 16.4 Å². The van der Waals surface area contributed by atoms with E-state index in [2.05, 4.69) is 44.5 Å². The number of hydrogen-bond donors (Lipinski definition) is 3. The number of aryl methyl sites for hydroxylation is 1. The smallest absolute Gasteiger partial charge is 0.253 e. The van der Waals surface area contributed by atoms with E-state index < -0.39 is 10.0 Å². The van der Waals surface area contributed by atoms with E-state index in [0.29, 0.717) is 46.5 Å². The molecule has 9 nitrogen and oxygen atoms in total. The summed E-state index contributed by atoms with van der Waals surface area (Å²) in [7, 11) is -1.94. The number of para-hydroxylation sites is 2. The van der Waals surface area contributed by atoms with E-state index in [1.165, 1.54) is 12.7 Å². The molecular weight excluding hydrogens is 657 g/mol. The highest BCUT2D eigenvalue weighted by atomic mass is 35.5. The molecule has 0 bridgehead atoms. The van der Waals surface area contributed by atoms with Crippen LogP contribution in [0.15, 0.2) is 84.9 Å². The predicted octanol–water partition coefficient (Wildman–Crippen LogP) is 7.16. The van der Waals surface area contributed by atoms with E-state index in [9.17, 15) is 13.2 Å². The van der Waals surface area contributed by atoms with Crippen molar-refractivity contribution in [1.29, 1.82) is 0 Å². The van der Waals surface area contributed by atoms with Crippen LogP contribution in [-0.4, -0.2) is 64.1 Å². The molecule has 3 N–H and O–H groups in total. The van der Waals surface area contributed by atoms with Crippen molar-refractivity contribution in [1.82, 2.24) is 10.3 Å². The number of pyridine rings is 1. The van der Waals surface area contributed by atoms with Crippen LogP contribution in [0, 0.1) is 0 Å². The Hall–Kier alpha value is -4.25. The van der Waals surface area contributed by atoms with Crippen molar-refractivity contribution in [2.24, 2.45) is 0 Å². The topological polar surface area (TPSA) is 113 Å². The van der Waals surface area contributed by atoms with Gasteiger partial charge in [0.1, 0.15) is 5.75 Å². The molecule has 5 aromatic rings. The van der Waals surface area contributed by atoms with Gasteiger partial charge in [0, 0.05) is 53.9 Å². The fourth-order valence-electron chi connectivity index (χ4n) is 5.48. The summed E-state index contributed by atoms with van der Waals surface area (Å²) in [5.74, 6) is 1.31. The molecule has 0 atom stereocenters. The molecular formula is C35H37Cl2N5O4S. The number of nitrogens with zero attached hydrogens (tertiary/aromatic N) is 2. The lowest BCUT2D eigenvalue weighted by Gasteiger charge is -2.23. The van der Waals surface area contributed by atoms with Crippen LogP contribution >= 0.6 is 23.2 Å². The fourth-order valence-corrected chi connectivity index (χ4v) is 6.44. The predicted molar refractivity (Wildman–Crippen MR) is 195 cm³/mol. The van der Waals surface area contributed by atoms with Crippen LogP contribution in [0.5, 0.6) is 5.75 Å². The molecule has 0 spiro atoms. The van der Waals surface area contributed by atoms with E-state index in [-0.39, 0.29) is 5.91 Å². The molecule has 0 aliphatic carbocycles. The van der Waals surface area contributed by atoms with Crippen molar-refractivity contribution in [2.75, 3.05) is 59.7 Å². The second-order valence-electron chi connectivity index (χ2n) is 11.0. The maximum atomic E-state index is 13.5. The molecule has 5 rings (SSSR count). The highest BCUT2D eigenvalue weighted by molar-refractivity contribution is 7.92. The number of methoxy groups -OCH3 is 1. The van der Waals surface area contributed by atoms with Gasteiger partial charge in [-0.2, -0.15) is 0 Å². The second kappa shape index (κ2) is 15.6. The molecule has 0 saturated carbocycles. The number of alkyl halides is 2. The number of nitrogens with one attached hydrogen (secondary N) is 3. The first-order chi connectivity index (χ1) is 22.7. The maximum absolute atomic E-state index is 13.5. The Morgan fingerprint density at radius 1 is 0.915 bits per heavy atom. The number of fused-ring (bicyclic) bond motifs is 2. The summed E-state index contributed by atoms with van der Waals surface area (Å²) in [6, 6.07) is 26.6. The van der Waals surface area contributed by atoms with E-state index >= 15 is 0 Å². The highest BCUT2D eigenvalue weighted by Crippen LogP contribution is 2.38. The molecule has 0 fully saturated rings. The van der Waals surface area contributed by atoms with Crippen LogP contribution < -0.4 is 25.0 Å². The van der Waals surface area contributed by atoms with Crippen LogP contribution in [0.4, 0.5) is 22.7 Å². The average molecular weight is 695 g/mol. The van der Waals surface area contributed by atoms with Gasteiger partial charge in [-0.05, 0) is 54.8 Å². The third-order valence-electron chi connectivity index (χ3n) is 7.66. The van der Waals surface area contributed by atoms with Gasteiger partial charge < -0.3 is 20.3 Å². The van der Waals surface area contributed by atoms with Crippen molar-refractivity contribution < 1.29 is 17.9 Å². The molecule has 246 valence electrons. The number of rotatable bonds is 15. The van der Waals surface area contributed by atoms with E-state index in [0.717, 1.165) is 59.9 Å². The number of ether oxygens (including phenoxy) is 1. The molecule has 47 heavy (non-hydrogen) atoms. The van der Waals surface area contributed by atoms with Gasteiger partial charge in [-0.1, -0.05) is 42.5 Å². The maximum Gasteiger partial charge on any atom is 0.253 e. The third-order valence-corrected chi connectivity index (χ3v) is 8.60. The number of benzene rings is 4. The van der Waals surface area contributed by atoms with Crippen LogP contribution in [0.2, 0.25) is 0 Å². The molecule has 1 aromatic heterocycles. The van der Waals surface area contributed by atoms with E-state index in [1.54, 1.807) is 24.3 Å². The second-order valence-corrected chi connectivity index (χ2v) is 13.5. The van der Waals surface area contributed by atoms with Crippen LogP contribution in [0.25, 0.3) is 21.8 Å². The van der Waals surface area contributed by atoms with Crippen molar-refractivity contribution in [3.05, 3.63) is 96.1 Å². The number of carbonyl (C=O) groups excluding carboxylic acids is 1. The standard InChI is InChI=1S/C35H37Cl2N5O4S/c1-46-32-23-25(41-47(2,44)45)14-17-31(32)40-33-27-8-3-4-11-30(27)39-34-28(33)9-5-10-29(34)35(43)38-20-6-7-24-12-15-26(16-13-24)42(21-18-36)22-19-37/h3-5,8-17,23,41H,6-7,18-22H2,1-2H3,(H,38,43)(H,39,40).